The van der Waals surface area contributed by atoms with E-state index in [1.165, 1.54) is 26.9 Å². The van der Waals surface area contributed by atoms with Crippen LogP contribution in [0.5, 0.6) is 0 Å². The van der Waals surface area contributed by atoms with Gasteiger partial charge in [-0.25, -0.2) is 0 Å². The first-order chi connectivity index (χ1) is 15.7. The number of likely N-dealkylation sites (N-methyl/N-ethyl adjacent to an activating group) is 1. The summed E-state index contributed by atoms with van der Waals surface area (Å²) >= 11 is 1.75. The first-order valence-corrected chi connectivity index (χ1v) is 12.1. The molecule has 32 heavy (non-hydrogen) atoms. The van der Waals surface area contributed by atoms with Crippen LogP contribution in [-0.4, -0.2) is 28.5 Å². The molecule has 0 fully saturated rings. The van der Waals surface area contributed by atoms with Gasteiger partial charge < -0.3 is 15.2 Å². The van der Waals surface area contributed by atoms with E-state index in [1.54, 1.807) is 11.3 Å². The highest BCUT2D eigenvalue weighted by atomic mass is 32.1. The average Bonchev–Trinajstić information content (AvgIpc) is 3.38. The fourth-order valence-electron chi connectivity index (χ4n) is 5.01. The largest absolute Gasteiger partial charge is 0.353 e. The Morgan fingerprint density at radius 2 is 1.88 bits per heavy atom. The molecule has 162 valence electrons. The van der Waals surface area contributed by atoms with Crippen LogP contribution in [0, 0.1) is 0 Å². The van der Waals surface area contributed by atoms with Crippen LogP contribution in [0.2, 0.25) is 0 Å². The Morgan fingerprint density at radius 3 is 2.72 bits per heavy atom. The van der Waals surface area contributed by atoms with Crippen molar-refractivity contribution in [2.75, 3.05) is 18.4 Å². The second-order valence-corrected chi connectivity index (χ2v) is 9.70. The molecule has 2 aromatic heterocycles. The third-order valence-corrected chi connectivity index (χ3v) is 7.84. The second-order valence-electron chi connectivity index (χ2n) is 8.59. The molecule has 2 aliphatic heterocycles. The lowest BCUT2D eigenvalue weighted by atomic mass is 10.0. The normalized spacial score (nSPS) is 18.2. The Bertz CT molecular complexity index is 1310. The summed E-state index contributed by atoms with van der Waals surface area (Å²) in [7, 11) is 0. The van der Waals surface area contributed by atoms with Crippen LogP contribution in [0.15, 0.2) is 60.8 Å². The van der Waals surface area contributed by atoms with Crippen molar-refractivity contribution >= 4 is 33.1 Å². The predicted octanol–water partition coefficient (Wildman–Crippen LogP) is 4.98. The third kappa shape index (κ3) is 3.22. The number of benzene rings is 2. The molecule has 4 aromatic rings. The molecule has 0 saturated carbocycles. The van der Waals surface area contributed by atoms with Gasteiger partial charge >= 0.3 is 0 Å². The summed E-state index contributed by atoms with van der Waals surface area (Å²) in [5.41, 5.74) is 5.65. The zero-order chi connectivity index (χ0) is 21.7. The minimum atomic E-state index is -0.237. The number of thiophene rings is 1. The maximum atomic E-state index is 13.2. The van der Waals surface area contributed by atoms with Crippen molar-refractivity contribution in [3.63, 3.8) is 0 Å². The number of nitrogens with one attached hydrogen (secondary N) is 2. The number of hydrogen-bond acceptors (Lipinski definition) is 4. The van der Waals surface area contributed by atoms with Crippen LogP contribution in [-0.2, 0) is 19.5 Å². The van der Waals surface area contributed by atoms with E-state index in [0.29, 0.717) is 0 Å². The number of aromatic nitrogens is 1. The van der Waals surface area contributed by atoms with Gasteiger partial charge in [-0.1, -0.05) is 55.5 Å². The third-order valence-electron chi connectivity index (χ3n) is 6.69. The molecule has 6 heteroatoms. The van der Waals surface area contributed by atoms with Gasteiger partial charge in [-0.15, -0.1) is 11.3 Å². The number of carbonyl (C=O) groups excluding carboxylic acids is 1. The zero-order valence-electron chi connectivity index (χ0n) is 18.1. The van der Waals surface area contributed by atoms with Crippen molar-refractivity contribution in [2.45, 2.75) is 32.6 Å². The molecule has 0 saturated heterocycles. The quantitative estimate of drug-likeness (QED) is 0.468. The molecule has 1 atom stereocenters. The Balaban J connectivity index is 1.37. The van der Waals surface area contributed by atoms with Gasteiger partial charge in [-0.3, -0.25) is 9.69 Å². The van der Waals surface area contributed by atoms with E-state index < -0.39 is 0 Å². The van der Waals surface area contributed by atoms with Crippen LogP contribution < -0.4 is 10.6 Å². The molecular formula is C26H26N4OS. The molecule has 5 nitrogen and oxygen atoms in total. The van der Waals surface area contributed by atoms with Crippen LogP contribution in [0.1, 0.15) is 45.0 Å². The van der Waals surface area contributed by atoms with Gasteiger partial charge in [0.05, 0.1) is 5.56 Å². The number of hydrogen-bond donors (Lipinski definition) is 2. The Hall–Kier alpha value is -3.09. The van der Waals surface area contributed by atoms with Crippen LogP contribution in [0.4, 0.5) is 5.00 Å². The molecule has 6 rings (SSSR count). The highest BCUT2D eigenvalue weighted by Gasteiger charge is 2.34. The smallest absolute Gasteiger partial charge is 0.256 e. The number of anilines is 1. The van der Waals surface area contributed by atoms with E-state index in [1.807, 2.05) is 6.07 Å². The monoisotopic (exact) mass is 442 g/mol. The van der Waals surface area contributed by atoms with Crippen LogP contribution >= 0.6 is 11.3 Å². The highest BCUT2D eigenvalue weighted by Crippen LogP contribution is 2.41. The average molecular weight is 443 g/mol. The number of nitrogens with zero attached hydrogens (tertiary/aromatic N) is 2. The van der Waals surface area contributed by atoms with Crippen molar-refractivity contribution in [1.29, 1.82) is 0 Å². The lowest BCUT2D eigenvalue weighted by Gasteiger charge is -2.27. The predicted molar refractivity (Wildman–Crippen MR) is 130 cm³/mol. The van der Waals surface area contributed by atoms with Crippen LogP contribution in [0.25, 0.3) is 10.9 Å². The summed E-state index contributed by atoms with van der Waals surface area (Å²) in [6.45, 7) is 6.01. The number of amides is 1. The molecule has 1 unspecified atom stereocenters. The summed E-state index contributed by atoms with van der Waals surface area (Å²) in [5, 5.41) is 9.09. The molecule has 2 aliphatic rings. The summed E-state index contributed by atoms with van der Waals surface area (Å²) in [6, 6.07) is 18.9. The maximum absolute atomic E-state index is 13.2. The van der Waals surface area contributed by atoms with E-state index in [-0.39, 0.29) is 12.1 Å². The second kappa shape index (κ2) is 7.80. The fraction of sp³-hybridized carbons (Fsp3) is 0.269. The van der Waals surface area contributed by atoms with Gasteiger partial charge in [0.2, 0.25) is 0 Å². The van der Waals surface area contributed by atoms with E-state index >= 15 is 0 Å². The lowest BCUT2D eigenvalue weighted by molar-refractivity contribution is 0.0935. The van der Waals surface area contributed by atoms with Crippen molar-refractivity contribution < 1.29 is 4.79 Å². The van der Waals surface area contributed by atoms with E-state index in [9.17, 15) is 4.79 Å². The lowest BCUT2D eigenvalue weighted by Crippen LogP contribution is -2.38. The Labute approximate surface area is 191 Å². The summed E-state index contributed by atoms with van der Waals surface area (Å²) in [5.74, 6) is 0.0473. The summed E-state index contributed by atoms with van der Waals surface area (Å²) in [4.78, 5) is 17.0. The fourth-order valence-corrected chi connectivity index (χ4v) is 6.33. The Kier molecular flexibility index (Phi) is 4.77. The minimum Gasteiger partial charge on any atom is -0.353 e. The number of fused-ring (bicyclic) bond motifs is 4. The molecule has 0 bridgehead atoms. The highest BCUT2D eigenvalue weighted by molar-refractivity contribution is 7.16. The summed E-state index contributed by atoms with van der Waals surface area (Å²) in [6.07, 6.45) is 2.90. The van der Waals surface area contributed by atoms with Crippen molar-refractivity contribution in [3.05, 3.63) is 87.9 Å². The molecule has 2 N–H and O–H groups in total. The minimum absolute atomic E-state index is 0.0473. The summed E-state index contributed by atoms with van der Waals surface area (Å²) < 4.78 is 2.28. The van der Waals surface area contributed by atoms with E-state index in [4.69, 9.17) is 0 Å². The van der Waals surface area contributed by atoms with Gasteiger partial charge in [0.1, 0.15) is 11.2 Å². The van der Waals surface area contributed by atoms with Crippen molar-refractivity contribution in [1.82, 2.24) is 14.8 Å². The van der Waals surface area contributed by atoms with Gasteiger partial charge in [-0.05, 0) is 30.2 Å². The van der Waals surface area contributed by atoms with Gasteiger partial charge in [0.15, 0.2) is 0 Å². The van der Waals surface area contributed by atoms with E-state index in [2.05, 4.69) is 81.8 Å². The molecule has 0 radical (unpaired) electrons. The number of para-hydroxylation sites is 1. The van der Waals surface area contributed by atoms with Crippen LogP contribution in [0.3, 0.4) is 0 Å². The van der Waals surface area contributed by atoms with Crippen molar-refractivity contribution in [3.8, 4) is 0 Å². The number of carbonyl (C=O) groups is 1. The van der Waals surface area contributed by atoms with E-state index in [0.717, 1.165) is 48.7 Å². The van der Waals surface area contributed by atoms with Gasteiger partial charge in [0.25, 0.3) is 5.91 Å². The van der Waals surface area contributed by atoms with Gasteiger partial charge in [-0.2, -0.15) is 0 Å². The Morgan fingerprint density at radius 1 is 1.06 bits per heavy atom. The standard InChI is InChI=1S/C26H26N4OS/c1-2-29-13-12-19-22(16-29)32-26-23(19)25(31)27-24(28-26)20-15-30(14-17-8-4-3-5-9-17)21-11-7-6-10-18(20)21/h3-11,15,24,28H,2,12-14,16H2,1H3,(H,27,31). The maximum Gasteiger partial charge on any atom is 0.256 e. The SMILES string of the molecule is CCN1CCc2c(sc3c2C(=O)NC(c2cn(Cc4ccccc4)c4ccccc24)N3)C1. The molecule has 0 aliphatic carbocycles. The molecule has 1 amide bonds. The van der Waals surface area contributed by atoms with Crippen molar-refractivity contribution in [2.24, 2.45) is 0 Å². The number of rotatable bonds is 4. The first kappa shape index (κ1) is 19.6. The topological polar surface area (TPSA) is 49.3 Å². The molecular weight excluding hydrogens is 416 g/mol. The first-order valence-electron chi connectivity index (χ1n) is 11.3. The zero-order valence-corrected chi connectivity index (χ0v) is 18.9. The molecule has 2 aromatic carbocycles. The molecule has 0 spiro atoms. The van der Waals surface area contributed by atoms with Gasteiger partial charge in [0, 0.05) is 47.2 Å². The molecule has 4 heterocycles.